The minimum absolute atomic E-state index is 0.0807. The van der Waals surface area contributed by atoms with Crippen molar-refractivity contribution in [2.75, 3.05) is 35.2 Å². The monoisotopic (exact) mass is 379 g/mol. The molecule has 6 nitrogen and oxygen atoms in total. The molecular formula is C22H25N3O3. The molecule has 0 unspecified atom stereocenters. The molecule has 28 heavy (non-hydrogen) atoms. The second-order valence-corrected chi connectivity index (χ2v) is 7.27. The van der Waals surface area contributed by atoms with Crippen molar-refractivity contribution in [1.82, 2.24) is 0 Å². The zero-order chi connectivity index (χ0) is 19.5. The SMILES string of the molecule is C[C@H]1Nc2c(cccc2C(=O)CCCCN2CCOc3ccccc32)NC1=O. The van der Waals surface area contributed by atoms with Crippen LogP contribution in [0.3, 0.4) is 0 Å². The van der Waals surface area contributed by atoms with E-state index in [9.17, 15) is 9.59 Å². The second kappa shape index (κ2) is 7.92. The van der Waals surface area contributed by atoms with Crippen LogP contribution in [0.5, 0.6) is 5.75 Å². The Morgan fingerprint density at radius 2 is 2.04 bits per heavy atom. The Morgan fingerprint density at radius 3 is 2.93 bits per heavy atom. The standard InChI is InChI=1S/C22H25N3O3/c1-15-22(27)24-17-8-6-7-16(21(17)23-15)19(26)10-4-5-12-25-13-14-28-20-11-3-2-9-18(20)25/h2-3,6-9,11,15,23H,4-5,10,12-14H2,1H3,(H,24,27)/t15-/m1/s1. The number of carbonyl (C=O) groups is 2. The number of hydrogen-bond donors (Lipinski definition) is 2. The van der Waals surface area contributed by atoms with E-state index in [1.807, 2.05) is 36.4 Å². The molecule has 0 aromatic heterocycles. The van der Waals surface area contributed by atoms with E-state index in [0.717, 1.165) is 43.1 Å². The van der Waals surface area contributed by atoms with E-state index in [1.54, 1.807) is 6.92 Å². The van der Waals surface area contributed by atoms with Crippen LogP contribution in [0.2, 0.25) is 0 Å². The summed E-state index contributed by atoms with van der Waals surface area (Å²) in [5.41, 5.74) is 3.20. The average Bonchev–Trinajstić information content (AvgIpc) is 2.71. The number of fused-ring (bicyclic) bond motifs is 2. The van der Waals surface area contributed by atoms with Gasteiger partial charge in [-0.3, -0.25) is 9.59 Å². The van der Waals surface area contributed by atoms with Gasteiger partial charge in [-0.05, 0) is 44.0 Å². The molecule has 1 atom stereocenters. The number of rotatable bonds is 6. The number of unbranched alkanes of at least 4 members (excludes halogenated alkanes) is 1. The van der Waals surface area contributed by atoms with E-state index in [0.29, 0.717) is 24.3 Å². The van der Waals surface area contributed by atoms with Crippen molar-refractivity contribution < 1.29 is 14.3 Å². The van der Waals surface area contributed by atoms with Crippen molar-refractivity contribution in [1.29, 1.82) is 0 Å². The van der Waals surface area contributed by atoms with Crippen LogP contribution in [-0.2, 0) is 4.79 Å². The molecule has 2 aromatic carbocycles. The Labute approximate surface area is 164 Å². The Hall–Kier alpha value is -3.02. The number of nitrogens with one attached hydrogen (secondary N) is 2. The second-order valence-electron chi connectivity index (χ2n) is 7.27. The first-order chi connectivity index (χ1) is 13.6. The molecule has 0 spiro atoms. The van der Waals surface area contributed by atoms with Crippen LogP contribution >= 0.6 is 0 Å². The summed E-state index contributed by atoms with van der Waals surface area (Å²) in [7, 11) is 0. The number of ether oxygens (including phenoxy) is 1. The van der Waals surface area contributed by atoms with E-state index in [2.05, 4.69) is 21.6 Å². The summed E-state index contributed by atoms with van der Waals surface area (Å²) in [6.45, 7) is 4.27. The van der Waals surface area contributed by atoms with Gasteiger partial charge in [-0.15, -0.1) is 0 Å². The zero-order valence-corrected chi connectivity index (χ0v) is 16.0. The smallest absolute Gasteiger partial charge is 0.246 e. The molecular weight excluding hydrogens is 354 g/mol. The predicted octanol–water partition coefficient (Wildman–Crippen LogP) is 3.69. The number of nitrogens with zero attached hydrogens (tertiary/aromatic N) is 1. The third kappa shape index (κ3) is 3.67. The van der Waals surface area contributed by atoms with Crippen molar-refractivity contribution in [3.8, 4) is 5.75 Å². The molecule has 2 heterocycles. The summed E-state index contributed by atoms with van der Waals surface area (Å²) in [6.07, 6.45) is 2.26. The number of anilines is 3. The molecule has 0 bridgehead atoms. The lowest BCUT2D eigenvalue weighted by atomic mass is 10.00. The number of carbonyl (C=O) groups excluding carboxylic acids is 2. The lowest BCUT2D eigenvalue weighted by molar-refractivity contribution is -0.116. The highest BCUT2D eigenvalue weighted by molar-refractivity contribution is 6.10. The summed E-state index contributed by atoms with van der Waals surface area (Å²) in [4.78, 5) is 26.9. The predicted molar refractivity (Wildman–Crippen MR) is 110 cm³/mol. The molecule has 0 fully saturated rings. The fourth-order valence-corrected chi connectivity index (χ4v) is 3.75. The van der Waals surface area contributed by atoms with Crippen molar-refractivity contribution >= 4 is 28.8 Å². The molecule has 0 saturated carbocycles. The minimum atomic E-state index is -0.345. The van der Waals surface area contributed by atoms with Gasteiger partial charge in [-0.2, -0.15) is 0 Å². The molecule has 0 saturated heterocycles. The first-order valence-corrected chi connectivity index (χ1v) is 9.84. The maximum absolute atomic E-state index is 12.8. The summed E-state index contributed by atoms with van der Waals surface area (Å²) in [6, 6.07) is 13.2. The van der Waals surface area contributed by atoms with Crippen LogP contribution in [0.1, 0.15) is 36.5 Å². The van der Waals surface area contributed by atoms with Crippen molar-refractivity contribution in [2.24, 2.45) is 0 Å². The summed E-state index contributed by atoms with van der Waals surface area (Å²) < 4.78 is 5.69. The molecule has 146 valence electrons. The molecule has 0 aliphatic carbocycles. The molecule has 0 radical (unpaired) electrons. The van der Waals surface area contributed by atoms with Crippen LogP contribution in [0.4, 0.5) is 17.1 Å². The largest absolute Gasteiger partial charge is 0.490 e. The number of amides is 1. The number of benzene rings is 2. The third-order valence-electron chi connectivity index (χ3n) is 5.28. The first-order valence-electron chi connectivity index (χ1n) is 9.84. The molecule has 1 amide bonds. The van der Waals surface area contributed by atoms with Crippen molar-refractivity contribution in [2.45, 2.75) is 32.2 Å². The topological polar surface area (TPSA) is 70.7 Å². The quantitative estimate of drug-likeness (QED) is 0.592. The lowest BCUT2D eigenvalue weighted by Crippen LogP contribution is -2.37. The van der Waals surface area contributed by atoms with Gasteiger partial charge in [0, 0.05) is 18.5 Å². The van der Waals surface area contributed by atoms with E-state index >= 15 is 0 Å². The molecule has 2 aromatic rings. The van der Waals surface area contributed by atoms with Crippen LogP contribution < -0.4 is 20.3 Å². The van der Waals surface area contributed by atoms with Crippen LogP contribution in [0.15, 0.2) is 42.5 Å². The molecule has 2 aliphatic heterocycles. The normalized spacial score (nSPS) is 17.7. The van der Waals surface area contributed by atoms with E-state index < -0.39 is 0 Å². The Kier molecular flexibility index (Phi) is 5.19. The van der Waals surface area contributed by atoms with E-state index in [1.165, 1.54) is 0 Å². The fraction of sp³-hybridized carbons (Fsp3) is 0.364. The highest BCUT2D eigenvalue weighted by Crippen LogP contribution is 2.32. The number of para-hydroxylation sites is 3. The summed E-state index contributed by atoms with van der Waals surface area (Å²) >= 11 is 0. The zero-order valence-electron chi connectivity index (χ0n) is 16.0. The maximum Gasteiger partial charge on any atom is 0.246 e. The Bertz CT molecular complexity index is 896. The first kappa shape index (κ1) is 18.3. The van der Waals surface area contributed by atoms with Crippen LogP contribution in [0, 0.1) is 0 Å². The van der Waals surface area contributed by atoms with Gasteiger partial charge < -0.3 is 20.3 Å². The van der Waals surface area contributed by atoms with Crippen molar-refractivity contribution in [3.05, 3.63) is 48.0 Å². The van der Waals surface area contributed by atoms with Gasteiger partial charge in [0.05, 0.1) is 23.6 Å². The van der Waals surface area contributed by atoms with Gasteiger partial charge in [0.1, 0.15) is 18.4 Å². The van der Waals surface area contributed by atoms with Gasteiger partial charge in [0.25, 0.3) is 0 Å². The van der Waals surface area contributed by atoms with E-state index in [4.69, 9.17) is 4.74 Å². The van der Waals surface area contributed by atoms with Gasteiger partial charge in [-0.25, -0.2) is 0 Å². The van der Waals surface area contributed by atoms with Gasteiger partial charge in [0.15, 0.2) is 5.78 Å². The van der Waals surface area contributed by atoms with Gasteiger partial charge in [0.2, 0.25) is 5.91 Å². The highest BCUT2D eigenvalue weighted by atomic mass is 16.5. The van der Waals surface area contributed by atoms with Crippen LogP contribution in [0.25, 0.3) is 0 Å². The highest BCUT2D eigenvalue weighted by Gasteiger charge is 2.25. The van der Waals surface area contributed by atoms with Gasteiger partial charge >= 0.3 is 0 Å². The summed E-state index contributed by atoms with van der Waals surface area (Å²) in [5, 5.41) is 6.01. The number of Topliss-reactive ketones (excluding diaryl/α,β-unsaturated/α-hetero) is 1. The molecule has 4 rings (SSSR count). The molecule has 2 N–H and O–H groups in total. The number of ketones is 1. The molecule has 6 heteroatoms. The molecule has 2 aliphatic rings. The van der Waals surface area contributed by atoms with Gasteiger partial charge in [-0.1, -0.05) is 18.2 Å². The Balaban J connectivity index is 1.34. The lowest BCUT2D eigenvalue weighted by Gasteiger charge is -2.31. The summed E-state index contributed by atoms with van der Waals surface area (Å²) in [5.74, 6) is 0.959. The third-order valence-corrected chi connectivity index (χ3v) is 5.28. The van der Waals surface area contributed by atoms with E-state index in [-0.39, 0.29) is 17.7 Å². The average molecular weight is 379 g/mol. The Morgan fingerprint density at radius 1 is 1.18 bits per heavy atom. The minimum Gasteiger partial charge on any atom is -0.490 e. The van der Waals surface area contributed by atoms with Crippen molar-refractivity contribution in [3.63, 3.8) is 0 Å². The number of hydrogen-bond acceptors (Lipinski definition) is 5. The fourth-order valence-electron chi connectivity index (χ4n) is 3.75. The maximum atomic E-state index is 12.8. The van der Waals surface area contributed by atoms with Crippen LogP contribution in [-0.4, -0.2) is 37.4 Å².